The summed E-state index contributed by atoms with van der Waals surface area (Å²) in [4.78, 5) is 26.7. The monoisotopic (exact) mass is 292 g/mol. The highest BCUT2D eigenvalue weighted by molar-refractivity contribution is 8.00. The average Bonchev–Trinajstić information content (AvgIpc) is 2.99. The number of nitrogens with zero attached hydrogens (tertiary/aromatic N) is 1. The van der Waals surface area contributed by atoms with Crippen molar-refractivity contribution in [3.63, 3.8) is 0 Å². The van der Waals surface area contributed by atoms with Crippen LogP contribution in [0.4, 0.5) is 0 Å². The van der Waals surface area contributed by atoms with Gasteiger partial charge in [-0.15, -0.1) is 11.8 Å². The Bertz CT molecular complexity index is 458. The Morgan fingerprint density at radius 2 is 1.90 bits per heavy atom. The van der Waals surface area contributed by atoms with Gasteiger partial charge in [-0.05, 0) is 31.9 Å². The minimum atomic E-state index is -0.205. The van der Waals surface area contributed by atoms with Crippen molar-refractivity contribution < 1.29 is 9.59 Å². The summed E-state index contributed by atoms with van der Waals surface area (Å²) in [6, 6.07) is 9.80. The van der Waals surface area contributed by atoms with Gasteiger partial charge in [-0.1, -0.05) is 18.2 Å². The van der Waals surface area contributed by atoms with Gasteiger partial charge in [-0.3, -0.25) is 9.59 Å². The lowest BCUT2D eigenvalue weighted by Gasteiger charge is -2.17. The fourth-order valence-corrected chi connectivity index (χ4v) is 3.05. The fraction of sp³-hybridized carbons (Fsp3) is 0.467. The lowest BCUT2D eigenvalue weighted by atomic mass is 10.4. The molecular weight excluding hydrogens is 272 g/mol. The zero-order valence-corrected chi connectivity index (χ0v) is 12.5. The van der Waals surface area contributed by atoms with E-state index in [1.165, 1.54) is 11.8 Å². The van der Waals surface area contributed by atoms with Crippen LogP contribution in [0.3, 0.4) is 0 Å². The van der Waals surface area contributed by atoms with Gasteiger partial charge in [0.25, 0.3) is 0 Å². The molecule has 1 atom stereocenters. The number of carbonyl (C=O) groups excluding carboxylic acids is 2. The third-order valence-corrected chi connectivity index (χ3v) is 4.41. The smallest absolute Gasteiger partial charge is 0.241 e. The Labute approximate surface area is 123 Å². The predicted octanol–water partition coefficient (Wildman–Crippen LogP) is 1.91. The molecular formula is C15H20N2O2S. The van der Waals surface area contributed by atoms with Crippen molar-refractivity contribution >= 4 is 23.6 Å². The molecule has 2 amide bonds. The lowest BCUT2D eigenvalue weighted by Crippen LogP contribution is -2.41. The van der Waals surface area contributed by atoms with Crippen molar-refractivity contribution in [2.45, 2.75) is 29.9 Å². The Morgan fingerprint density at radius 1 is 1.25 bits per heavy atom. The van der Waals surface area contributed by atoms with Crippen LogP contribution in [0.1, 0.15) is 19.8 Å². The first-order chi connectivity index (χ1) is 9.66. The summed E-state index contributed by atoms with van der Waals surface area (Å²) < 4.78 is 0. The van der Waals surface area contributed by atoms with E-state index in [9.17, 15) is 9.59 Å². The molecule has 1 fully saturated rings. The molecule has 0 spiro atoms. The third kappa shape index (κ3) is 4.27. The summed E-state index contributed by atoms with van der Waals surface area (Å²) >= 11 is 1.50. The highest BCUT2D eigenvalue weighted by Gasteiger charge is 2.20. The van der Waals surface area contributed by atoms with Crippen molar-refractivity contribution in [1.29, 1.82) is 0 Å². The molecule has 1 saturated heterocycles. The molecule has 4 nitrogen and oxygen atoms in total. The number of rotatable bonds is 5. The van der Waals surface area contributed by atoms with Gasteiger partial charge in [0.1, 0.15) is 0 Å². The van der Waals surface area contributed by atoms with Gasteiger partial charge < -0.3 is 10.2 Å². The average molecular weight is 292 g/mol. The normalized spacial score (nSPS) is 15.9. The van der Waals surface area contributed by atoms with Crippen molar-refractivity contribution in [2.24, 2.45) is 0 Å². The van der Waals surface area contributed by atoms with Crippen LogP contribution < -0.4 is 5.32 Å². The second-order valence-corrected chi connectivity index (χ2v) is 6.29. The molecule has 2 rings (SSSR count). The van der Waals surface area contributed by atoms with E-state index in [-0.39, 0.29) is 23.6 Å². The van der Waals surface area contributed by atoms with Gasteiger partial charge in [0.05, 0.1) is 11.8 Å². The van der Waals surface area contributed by atoms with Gasteiger partial charge in [0.2, 0.25) is 11.8 Å². The van der Waals surface area contributed by atoms with E-state index in [0.29, 0.717) is 0 Å². The molecule has 0 aromatic heterocycles. The predicted molar refractivity (Wildman–Crippen MR) is 80.6 cm³/mol. The second-order valence-electron chi connectivity index (χ2n) is 4.88. The molecule has 1 aromatic carbocycles. The van der Waals surface area contributed by atoms with Crippen LogP contribution in [-0.4, -0.2) is 41.6 Å². The summed E-state index contributed by atoms with van der Waals surface area (Å²) in [7, 11) is 0. The maximum Gasteiger partial charge on any atom is 0.241 e. The number of carbonyl (C=O) groups is 2. The van der Waals surface area contributed by atoms with Crippen LogP contribution in [0.25, 0.3) is 0 Å². The number of hydrogen-bond donors (Lipinski definition) is 1. The summed E-state index contributed by atoms with van der Waals surface area (Å²) in [6.45, 7) is 3.61. The highest BCUT2D eigenvalue weighted by atomic mass is 32.2. The first kappa shape index (κ1) is 14.9. The standard InChI is InChI=1S/C15H20N2O2S/c1-12(20-13-7-3-2-4-8-13)15(19)16-11-14(18)17-9-5-6-10-17/h2-4,7-8,12H,5-6,9-11H2,1H3,(H,16,19)/t12-/m0/s1. The van der Waals surface area contributed by atoms with Gasteiger partial charge in [0, 0.05) is 18.0 Å². The van der Waals surface area contributed by atoms with Crippen molar-refractivity contribution in [3.8, 4) is 0 Å². The van der Waals surface area contributed by atoms with E-state index in [0.717, 1.165) is 30.8 Å². The Morgan fingerprint density at radius 3 is 2.55 bits per heavy atom. The molecule has 0 unspecified atom stereocenters. The molecule has 0 aliphatic carbocycles. The van der Waals surface area contributed by atoms with Crippen molar-refractivity contribution in [2.75, 3.05) is 19.6 Å². The molecule has 1 aromatic rings. The lowest BCUT2D eigenvalue weighted by molar-refractivity contribution is -0.131. The van der Waals surface area contributed by atoms with E-state index in [1.54, 1.807) is 0 Å². The summed E-state index contributed by atoms with van der Waals surface area (Å²) in [5.74, 6) is -0.0702. The minimum Gasteiger partial charge on any atom is -0.346 e. The van der Waals surface area contributed by atoms with E-state index < -0.39 is 0 Å². The zero-order chi connectivity index (χ0) is 14.4. The molecule has 20 heavy (non-hydrogen) atoms. The third-order valence-electron chi connectivity index (χ3n) is 3.30. The molecule has 1 aliphatic heterocycles. The number of likely N-dealkylation sites (tertiary alicyclic amines) is 1. The van der Waals surface area contributed by atoms with Gasteiger partial charge >= 0.3 is 0 Å². The van der Waals surface area contributed by atoms with E-state index in [2.05, 4.69) is 5.32 Å². The van der Waals surface area contributed by atoms with Crippen LogP contribution in [0.2, 0.25) is 0 Å². The first-order valence-corrected chi connectivity index (χ1v) is 7.82. The highest BCUT2D eigenvalue weighted by Crippen LogP contribution is 2.22. The SMILES string of the molecule is C[C@H](Sc1ccccc1)C(=O)NCC(=O)N1CCCC1. The Balaban J connectivity index is 1.75. The maximum absolute atomic E-state index is 12.0. The Hall–Kier alpha value is -1.49. The van der Waals surface area contributed by atoms with Crippen LogP contribution >= 0.6 is 11.8 Å². The van der Waals surface area contributed by atoms with Gasteiger partial charge in [0.15, 0.2) is 0 Å². The second kappa shape index (κ2) is 7.33. The molecule has 1 heterocycles. The molecule has 1 aliphatic rings. The fourth-order valence-electron chi connectivity index (χ4n) is 2.14. The summed E-state index contributed by atoms with van der Waals surface area (Å²) in [5, 5.41) is 2.52. The number of amides is 2. The first-order valence-electron chi connectivity index (χ1n) is 6.94. The van der Waals surface area contributed by atoms with Crippen molar-refractivity contribution in [1.82, 2.24) is 10.2 Å². The topological polar surface area (TPSA) is 49.4 Å². The number of benzene rings is 1. The maximum atomic E-state index is 12.0. The quantitative estimate of drug-likeness (QED) is 0.843. The number of hydrogen-bond acceptors (Lipinski definition) is 3. The molecule has 0 radical (unpaired) electrons. The molecule has 0 saturated carbocycles. The number of thioether (sulfide) groups is 1. The van der Waals surface area contributed by atoms with E-state index in [1.807, 2.05) is 42.2 Å². The largest absolute Gasteiger partial charge is 0.346 e. The van der Waals surface area contributed by atoms with Crippen LogP contribution in [0.5, 0.6) is 0 Å². The van der Waals surface area contributed by atoms with Crippen LogP contribution in [-0.2, 0) is 9.59 Å². The molecule has 0 bridgehead atoms. The van der Waals surface area contributed by atoms with Crippen molar-refractivity contribution in [3.05, 3.63) is 30.3 Å². The summed E-state index contributed by atoms with van der Waals surface area (Å²) in [6.07, 6.45) is 2.14. The van der Waals surface area contributed by atoms with Gasteiger partial charge in [-0.2, -0.15) is 0 Å². The molecule has 108 valence electrons. The Kier molecular flexibility index (Phi) is 5.47. The summed E-state index contributed by atoms with van der Waals surface area (Å²) in [5.41, 5.74) is 0. The van der Waals surface area contributed by atoms with E-state index >= 15 is 0 Å². The van der Waals surface area contributed by atoms with Gasteiger partial charge in [-0.25, -0.2) is 0 Å². The zero-order valence-electron chi connectivity index (χ0n) is 11.7. The van der Waals surface area contributed by atoms with Crippen LogP contribution in [0.15, 0.2) is 35.2 Å². The molecule has 1 N–H and O–H groups in total. The number of nitrogens with one attached hydrogen (secondary N) is 1. The molecule has 5 heteroatoms. The minimum absolute atomic E-state index is 0.0211. The van der Waals surface area contributed by atoms with E-state index in [4.69, 9.17) is 0 Å². The van der Waals surface area contributed by atoms with Crippen LogP contribution in [0, 0.1) is 0 Å².